The van der Waals surface area contributed by atoms with Gasteiger partial charge in [0.15, 0.2) is 11.5 Å². The molecule has 0 aliphatic carbocycles. The van der Waals surface area contributed by atoms with Gasteiger partial charge in [-0.2, -0.15) is 0 Å². The Morgan fingerprint density at radius 3 is 2.28 bits per heavy atom. The number of aryl methyl sites for hydroxylation is 1. The van der Waals surface area contributed by atoms with Crippen molar-refractivity contribution in [3.63, 3.8) is 0 Å². The number of aliphatic carboxylic acids is 1. The molecule has 0 saturated carbocycles. The number of hydrogen-bond donors (Lipinski definition) is 3. The quantitative estimate of drug-likeness (QED) is 0.282. The lowest BCUT2D eigenvalue weighted by Gasteiger charge is -2.27. The molecular formula is C36H42N4O7. The Labute approximate surface area is 274 Å². The average molecular weight is 643 g/mol. The molecule has 3 N–H and O–H groups in total. The first-order valence-electron chi connectivity index (χ1n) is 15.8. The Morgan fingerprint density at radius 1 is 0.851 bits per heavy atom. The van der Waals surface area contributed by atoms with Crippen molar-refractivity contribution in [3.05, 3.63) is 82.9 Å². The molecule has 47 heavy (non-hydrogen) atoms. The lowest BCUT2D eigenvalue weighted by atomic mass is 9.91. The number of anilines is 2. The van der Waals surface area contributed by atoms with Crippen LogP contribution in [0.2, 0.25) is 0 Å². The van der Waals surface area contributed by atoms with E-state index in [2.05, 4.69) is 15.5 Å². The summed E-state index contributed by atoms with van der Waals surface area (Å²) in [6.45, 7) is 10.5. The Bertz CT molecular complexity index is 1650. The van der Waals surface area contributed by atoms with E-state index in [1.165, 1.54) is 0 Å². The molecule has 1 fully saturated rings. The van der Waals surface area contributed by atoms with Crippen molar-refractivity contribution in [3.8, 4) is 11.5 Å². The predicted molar refractivity (Wildman–Crippen MR) is 178 cm³/mol. The number of carboxylic acids is 1. The number of amides is 3. The van der Waals surface area contributed by atoms with Gasteiger partial charge < -0.3 is 35.0 Å². The molecule has 1 unspecified atom stereocenters. The third-order valence-corrected chi connectivity index (χ3v) is 8.18. The van der Waals surface area contributed by atoms with Gasteiger partial charge in [-0.05, 0) is 60.7 Å². The van der Waals surface area contributed by atoms with Crippen LogP contribution >= 0.6 is 0 Å². The van der Waals surface area contributed by atoms with E-state index < -0.39 is 23.8 Å². The highest BCUT2D eigenvalue weighted by Gasteiger charge is 2.26. The highest BCUT2D eigenvalue weighted by atomic mass is 16.7. The van der Waals surface area contributed by atoms with E-state index in [9.17, 15) is 24.3 Å². The zero-order valence-electron chi connectivity index (χ0n) is 27.3. The van der Waals surface area contributed by atoms with Crippen molar-refractivity contribution in [1.29, 1.82) is 0 Å². The number of carbonyl (C=O) groups excluding carboxylic acids is 3. The van der Waals surface area contributed by atoms with Crippen LogP contribution in [0.3, 0.4) is 0 Å². The second-order valence-corrected chi connectivity index (χ2v) is 13.2. The van der Waals surface area contributed by atoms with Crippen molar-refractivity contribution in [2.45, 2.75) is 53.0 Å². The summed E-state index contributed by atoms with van der Waals surface area (Å²) < 4.78 is 10.8. The molecule has 11 heteroatoms. The first-order chi connectivity index (χ1) is 22.4. The van der Waals surface area contributed by atoms with Gasteiger partial charge in [-0.25, -0.2) is 0 Å². The van der Waals surface area contributed by atoms with Gasteiger partial charge in [-0.3, -0.25) is 19.2 Å². The normalized spacial score (nSPS) is 15.1. The SMILES string of the molecule is Cc1ccc(C(CC(=O)O)NC(=O)c2ccc(N3CCCN(C(=O)CC(C)(C)C)CC3)c(NC(=O)c3ccc4c(c3)OCO4)c2)cc1. The van der Waals surface area contributed by atoms with Gasteiger partial charge in [0.05, 0.1) is 23.8 Å². The Kier molecular flexibility index (Phi) is 10.0. The van der Waals surface area contributed by atoms with Gasteiger partial charge in [0.1, 0.15) is 0 Å². The summed E-state index contributed by atoms with van der Waals surface area (Å²) in [7, 11) is 0. The lowest BCUT2D eigenvalue weighted by Crippen LogP contribution is -2.37. The maximum absolute atomic E-state index is 13.6. The first kappa shape index (κ1) is 33.3. The van der Waals surface area contributed by atoms with Crippen molar-refractivity contribution < 1.29 is 33.8 Å². The monoisotopic (exact) mass is 642 g/mol. The molecule has 1 saturated heterocycles. The summed E-state index contributed by atoms with van der Waals surface area (Å²) in [6.07, 6.45) is 0.902. The number of hydrogen-bond acceptors (Lipinski definition) is 7. The largest absolute Gasteiger partial charge is 0.481 e. The van der Waals surface area contributed by atoms with E-state index in [1.54, 1.807) is 48.5 Å². The van der Waals surface area contributed by atoms with Gasteiger partial charge in [-0.15, -0.1) is 0 Å². The van der Waals surface area contributed by atoms with E-state index in [-0.39, 0.29) is 30.1 Å². The average Bonchev–Trinajstić information content (AvgIpc) is 3.35. The van der Waals surface area contributed by atoms with Crippen LogP contribution in [0.25, 0.3) is 0 Å². The van der Waals surface area contributed by atoms with Crippen LogP contribution in [0, 0.1) is 12.3 Å². The first-order valence-corrected chi connectivity index (χ1v) is 15.8. The van der Waals surface area contributed by atoms with Gasteiger partial charge in [0.2, 0.25) is 12.7 Å². The highest BCUT2D eigenvalue weighted by Crippen LogP contribution is 2.34. The van der Waals surface area contributed by atoms with Gasteiger partial charge in [0, 0.05) is 43.7 Å². The molecule has 3 aromatic rings. The molecule has 2 heterocycles. The van der Waals surface area contributed by atoms with E-state index in [1.807, 2.05) is 44.7 Å². The highest BCUT2D eigenvalue weighted by molar-refractivity contribution is 6.07. The summed E-state index contributed by atoms with van der Waals surface area (Å²) in [5.74, 6) is -0.773. The van der Waals surface area contributed by atoms with Crippen LogP contribution in [0.1, 0.15) is 77.9 Å². The molecule has 3 aromatic carbocycles. The molecule has 5 rings (SSSR count). The Balaban J connectivity index is 1.42. The van der Waals surface area contributed by atoms with Crippen LogP contribution in [-0.2, 0) is 9.59 Å². The van der Waals surface area contributed by atoms with E-state index in [0.29, 0.717) is 66.6 Å². The van der Waals surface area contributed by atoms with Crippen molar-refractivity contribution >= 4 is 35.1 Å². The smallest absolute Gasteiger partial charge is 0.305 e. The summed E-state index contributed by atoms with van der Waals surface area (Å²) in [6, 6.07) is 16.6. The van der Waals surface area contributed by atoms with Crippen LogP contribution in [0.4, 0.5) is 11.4 Å². The lowest BCUT2D eigenvalue weighted by molar-refractivity contribution is -0.137. The minimum absolute atomic E-state index is 0.0808. The zero-order valence-corrected chi connectivity index (χ0v) is 27.3. The number of carbonyl (C=O) groups is 4. The summed E-state index contributed by atoms with van der Waals surface area (Å²) in [4.78, 5) is 55.8. The van der Waals surface area contributed by atoms with Crippen molar-refractivity contribution in [2.75, 3.05) is 43.2 Å². The number of fused-ring (bicyclic) bond motifs is 1. The van der Waals surface area contributed by atoms with Crippen LogP contribution in [0.15, 0.2) is 60.7 Å². The molecule has 2 aliphatic rings. The van der Waals surface area contributed by atoms with Gasteiger partial charge in [-0.1, -0.05) is 50.6 Å². The van der Waals surface area contributed by atoms with Crippen LogP contribution in [0.5, 0.6) is 11.5 Å². The van der Waals surface area contributed by atoms with Crippen molar-refractivity contribution in [2.24, 2.45) is 5.41 Å². The number of carboxylic acid groups (broad SMARTS) is 1. The fourth-order valence-corrected chi connectivity index (χ4v) is 5.73. The topological polar surface area (TPSA) is 138 Å². The summed E-state index contributed by atoms with van der Waals surface area (Å²) in [5.41, 5.74) is 3.31. The molecule has 248 valence electrons. The number of ether oxygens (including phenoxy) is 2. The number of benzene rings is 3. The maximum atomic E-state index is 13.6. The third-order valence-electron chi connectivity index (χ3n) is 8.18. The molecule has 3 amide bonds. The van der Waals surface area contributed by atoms with Crippen LogP contribution < -0.4 is 25.0 Å². The van der Waals surface area contributed by atoms with Gasteiger partial charge in [0.25, 0.3) is 11.8 Å². The predicted octanol–water partition coefficient (Wildman–Crippen LogP) is 5.40. The second kappa shape index (κ2) is 14.1. The molecule has 0 radical (unpaired) electrons. The number of rotatable bonds is 9. The van der Waals surface area contributed by atoms with Crippen LogP contribution in [-0.4, -0.2) is 66.7 Å². The number of nitrogens with zero attached hydrogens (tertiary/aromatic N) is 2. The summed E-state index contributed by atoms with van der Waals surface area (Å²) >= 11 is 0. The minimum Gasteiger partial charge on any atom is -0.481 e. The standard InChI is InChI=1S/C36H42N4O7/c1-23-6-8-24(9-7-23)27(20-33(42)43)37-34(44)25-10-12-29(39-14-5-15-40(17-16-39)32(41)21-36(2,3)4)28(18-25)38-35(45)26-11-13-30-31(19-26)47-22-46-30/h6-13,18-19,27H,5,14-17,20-22H2,1-4H3,(H,37,44)(H,38,45)(H,42,43). The number of nitrogens with one attached hydrogen (secondary N) is 2. The molecule has 0 bridgehead atoms. The Morgan fingerprint density at radius 2 is 1.55 bits per heavy atom. The minimum atomic E-state index is -1.04. The van der Waals surface area contributed by atoms with E-state index in [0.717, 1.165) is 12.0 Å². The fourth-order valence-electron chi connectivity index (χ4n) is 5.73. The van der Waals surface area contributed by atoms with E-state index in [4.69, 9.17) is 9.47 Å². The zero-order chi connectivity index (χ0) is 33.7. The molecule has 0 aromatic heterocycles. The Hall–Kier alpha value is -5.06. The fraction of sp³-hybridized carbons (Fsp3) is 0.389. The molecule has 11 nitrogen and oxygen atoms in total. The molecule has 0 spiro atoms. The molecule has 2 aliphatic heterocycles. The second-order valence-electron chi connectivity index (χ2n) is 13.2. The third kappa shape index (κ3) is 8.60. The summed E-state index contributed by atoms with van der Waals surface area (Å²) in [5, 5.41) is 15.4. The maximum Gasteiger partial charge on any atom is 0.305 e. The van der Waals surface area contributed by atoms with Gasteiger partial charge >= 0.3 is 5.97 Å². The van der Waals surface area contributed by atoms with E-state index >= 15 is 0 Å². The molecular weight excluding hydrogens is 600 g/mol. The molecule has 1 atom stereocenters. The van der Waals surface area contributed by atoms with Crippen molar-refractivity contribution in [1.82, 2.24) is 10.2 Å².